The Hall–Kier alpha value is -2.96. The van der Waals surface area contributed by atoms with Crippen molar-refractivity contribution in [2.24, 2.45) is 0 Å². The first-order chi connectivity index (χ1) is 11.9. The van der Waals surface area contributed by atoms with Crippen molar-refractivity contribution in [3.05, 3.63) is 59.2 Å². The van der Waals surface area contributed by atoms with Gasteiger partial charge in [-0.2, -0.15) is 8.78 Å². The molecule has 0 spiro atoms. The molecule has 2 rings (SSSR count). The van der Waals surface area contributed by atoms with Crippen LogP contribution in [-0.2, 0) is 6.54 Å². The normalized spacial score (nSPS) is 10.4. The zero-order valence-electron chi connectivity index (χ0n) is 13.7. The topological polar surface area (TPSA) is 64.6 Å². The number of benzene rings is 2. The number of ether oxygens (including phenoxy) is 2. The highest BCUT2D eigenvalue weighted by Gasteiger charge is 2.12. The van der Waals surface area contributed by atoms with E-state index in [4.69, 9.17) is 4.74 Å². The highest BCUT2D eigenvalue weighted by molar-refractivity contribution is 5.97. The van der Waals surface area contributed by atoms with Crippen LogP contribution in [0.4, 0.5) is 8.78 Å². The van der Waals surface area contributed by atoms with E-state index in [0.717, 1.165) is 0 Å². The molecule has 132 valence electrons. The predicted molar refractivity (Wildman–Crippen MR) is 87.2 cm³/mol. The minimum absolute atomic E-state index is 0.0863. The minimum Gasteiger partial charge on any atom is -0.493 e. The van der Waals surface area contributed by atoms with E-state index in [1.807, 2.05) is 0 Å². The van der Waals surface area contributed by atoms with Crippen molar-refractivity contribution in [1.82, 2.24) is 5.32 Å². The first-order valence-corrected chi connectivity index (χ1v) is 7.41. The Morgan fingerprint density at radius 2 is 1.68 bits per heavy atom. The molecule has 7 heteroatoms. The molecule has 2 aromatic rings. The zero-order chi connectivity index (χ0) is 18.4. The monoisotopic (exact) mass is 349 g/mol. The molecule has 1 amide bonds. The third kappa shape index (κ3) is 5.00. The molecular weight excluding hydrogens is 332 g/mol. The number of ketones is 1. The molecule has 1 N–H and O–H groups in total. The minimum atomic E-state index is -2.97. The number of hydrogen-bond donors (Lipinski definition) is 1. The van der Waals surface area contributed by atoms with Crippen LogP contribution in [-0.4, -0.2) is 25.4 Å². The summed E-state index contributed by atoms with van der Waals surface area (Å²) in [7, 11) is 1.35. The molecule has 0 aliphatic heterocycles. The summed E-state index contributed by atoms with van der Waals surface area (Å²) in [6.07, 6.45) is 0. The van der Waals surface area contributed by atoms with Crippen LogP contribution < -0.4 is 14.8 Å². The Bertz CT molecular complexity index is 760. The Morgan fingerprint density at radius 3 is 2.24 bits per heavy atom. The summed E-state index contributed by atoms with van der Waals surface area (Å²) in [4.78, 5) is 23.3. The van der Waals surface area contributed by atoms with Gasteiger partial charge < -0.3 is 14.8 Å². The van der Waals surface area contributed by atoms with Crippen LogP contribution in [0, 0.1) is 0 Å². The number of halogens is 2. The fourth-order valence-corrected chi connectivity index (χ4v) is 2.16. The second kappa shape index (κ2) is 8.23. The Labute approximate surface area is 143 Å². The summed E-state index contributed by atoms with van der Waals surface area (Å²) in [5, 5.41) is 2.67. The van der Waals surface area contributed by atoms with Crippen LogP contribution >= 0.6 is 0 Å². The molecule has 0 atom stereocenters. The summed E-state index contributed by atoms with van der Waals surface area (Å²) in [5.41, 5.74) is 1.48. The number of nitrogens with one attached hydrogen (secondary N) is 1. The molecule has 0 fully saturated rings. The van der Waals surface area contributed by atoms with Gasteiger partial charge in [0.2, 0.25) is 0 Å². The lowest BCUT2D eigenvalue weighted by molar-refractivity contribution is -0.0512. The molecule has 0 aliphatic rings. The van der Waals surface area contributed by atoms with Crippen molar-refractivity contribution in [3.63, 3.8) is 0 Å². The van der Waals surface area contributed by atoms with Crippen LogP contribution in [0.2, 0.25) is 0 Å². The van der Waals surface area contributed by atoms with E-state index < -0.39 is 6.61 Å². The SMILES string of the molecule is COc1ccc(CNC(=O)c2ccc(C(C)=O)cc2)cc1OC(F)F. The third-order valence-electron chi connectivity index (χ3n) is 3.45. The third-order valence-corrected chi connectivity index (χ3v) is 3.45. The number of alkyl halides is 2. The molecule has 0 bridgehead atoms. The number of Topliss-reactive ketones (excluding diaryl/α,β-unsaturated/α-hetero) is 1. The predicted octanol–water partition coefficient (Wildman–Crippen LogP) is 3.43. The first kappa shape index (κ1) is 18.4. The van der Waals surface area contributed by atoms with Gasteiger partial charge in [0.1, 0.15) is 0 Å². The van der Waals surface area contributed by atoms with Crippen molar-refractivity contribution in [2.75, 3.05) is 7.11 Å². The van der Waals surface area contributed by atoms with Crippen molar-refractivity contribution >= 4 is 11.7 Å². The molecule has 5 nitrogen and oxygen atoms in total. The number of carbonyl (C=O) groups excluding carboxylic acids is 2. The van der Waals surface area contributed by atoms with E-state index in [0.29, 0.717) is 16.7 Å². The second-order valence-corrected chi connectivity index (χ2v) is 5.18. The van der Waals surface area contributed by atoms with Gasteiger partial charge in [-0.15, -0.1) is 0 Å². The van der Waals surface area contributed by atoms with Gasteiger partial charge in [0.25, 0.3) is 5.91 Å². The fraction of sp³-hybridized carbons (Fsp3) is 0.222. The van der Waals surface area contributed by atoms with Gasteiger partial charge in [0.05, 0.1) is 7.11 Å². The van der Waals surface area contributed by atoms with Gasteiger partial charge in [-0.05, 0) is 36.8 Å². The Morgan fingerprint density at radius 1 is 1.04 bits per heavy atom. The van der Waals surface area contributed by atoms with E-state index in [2.05, 4.69) is 10.1 Å². The lowest BCUT2D eigenvalue weighted by Crippen LogP contribution is -2.22. The van der Waals surface area contributed by atoms with E-state index in [1.54, 1.807) is 30.3 Å². The average molecular weight is 349 g/mol. The van der Waals surface area contributed by atoms with Crippen molar-refractivity contribution in [2.45, 2.75) is 20.1 Å². The molecule has 2 aromatic carbocycles. The lowest BCUT2D eigenvalue weighted by atomic mass is 10.1. The van der Waals surface area contributed by atoms with Crippen LogP contribution in [0.5, 0.6) is 11.5 Å². The molecule has 0 unspecified atom stereocenters. The zero-order valence-corrected chi connectivity index (χ0v) is 13.7. The quantitative estimate of drug-likeness (QED) is 0.778. The van der Waals surface area contributed by atoms with Crippen LogP contribution in [0.25, 0.3) is 0 Å². The smallest absolute Gasteiger partial charge is 0.387 e. The molecule has 0 saturated carbocycles. The summed E-state index contributed by atoms with van der Waals surface area (Å²) < 4.78 is 34.2. The Kier molecular flexibility index (Phi) is 6.05. The molecule has 0 heterocycles. The maximum atomic E-state index is 12.4. The summed E-state index contributed by atoms with van der Waals surface area (Å²) >= 11 is 0. The van der Waals surface area contributed by atoms with Crippen LogP contribution in [0.15, 0.2) is 42.5 Å². The largest absolute Gasteiger partial charge is 0.493 e. The fourth-order valence-electron chi connectivity index (χ4n) is 2.16. The van der Waals surface area contributed by atoms with Crippen LogP contribution in [0.3, 0.4) is 0 Å². The number of amides is 1. The molecule has 25 heavy (non-hydrogen) atoms. The van der Waals surface area contributed by atoms with Gasteiger partial charge >= 0.3 is 6.61 Å². The molecule has 0 radical (unpaired) electrons. The highest BCUT2D eigenvalue weighted by atomic mass is 19.3. The summed E-state index contributed by atoms with van der Waals surface area (Å²) in [6, 6.07) is 10.7. The Balaban J connectivity index is 2.04. The number of hydrogen-bond acceptors (Lipinski definition) is 4. The summed E-state index contributed by atoms with van der Waals surface area (Å²) in [6.45, 7) is -1.41. The molecule has 0 aliphatic carbocycles. The van der Waals surface area contributed by atoms with E-state index in [9.17, 15) is 18.4 Å². The first-order valence-electron chi connectivity index (χ1n) is 7.41. The van der Waals surface area contributed by atoms with Gasteiger partial charge in [-0.25, -0.2) is 0 Å². The summed E-state index contributed by atoms with van der Waals surface area (Å²) in [5.74, 6) is -0.357. The molecule has 0 saturated heterocycles. The highest BCUT2D eigenvalue weighted by Crippen LogP contribution is 2.29. The van der Waals surface area contributed by atoms with Gasteiger partial charge in [0.15, 0.2) is 17.3 Å². The van der Waals surface area contributed by atoms with E-state index in [-0.39, 0.29) is 29.7 Å². The second-order valence-electron chi connectivity index (χ2n) is 5.18. The van der Waals surface area contributed by atoms with E-state index >= 15 is 0 Å². The maximum Gasteiger partial charge on any atom is 0.387 e. The molecule has 0 aromatic heterocycles. The van der Waals surface area contributed by atoms with E-state index in [1.165, 1.54) is 26.2 Å². The van der Waals surface area contributed by atoms with Crippen molar-refractivity contribution in [1.29, 1.82) is 0 Å². The maximum absolute atomic E-state index is 12.4. The standard InChI is InChI=1S/C18H17F2NO4/c1-11(22)13-4-6-14(7-5-13)17(23)21-10-12-3-8-15(24-2)16(9-12)25-18(19)20/h3-9,18H,10H2,1-2H3,(H,21,23). The number of carbonyl (C=O) groups is 2. The number of methoxy groups -OCH3 is 1. The van der Waals surface area contributed by atoms with Gasteiger partial charge in [0, 0.05) is 17.7 Å². The number of rotatable bonds is 7. The van der Waals surface area contributed by atoms with Gasteiger partial charge in [-0.3, -0.25) is 9.59 Å². The molecular formula is C18H17F2NO4. The van der Waals surface area contributed by atoms with Gasteiger partial charge in [-0.1, -0.05) is 18.2 Å². The van der Waals surface area contributed by atoms with Crippen molar-refractivity contribution < 1.29 is 27.8 Å². The van der Waals surface area contributed by atoms with Crippen molar-refractivity contribution in [3.8, 4) is 11.5 Å². The average Bonchev–Trinajstić information content (AvgIpc) is 2.59. The lowest BCUT2D eigenvalue weighted by Gasteiger charge is -2.12. The van der Waals surface area contributed by atoms with Crippen LogP contribution in [0.1, 0.15) is 33.2 Å².